The number of hydrogen-bond acceptors (Lipinski definition) is 5. The molecule has 25 heavy (non-hydrogen) atoms. The number of fused-ring (bicyclic) bond motifs is 2. The third kappa shape index (κ3) is 3.24. The highest BCUT2D eigenvalue weighted by Gasteiger charge is 2.44. The van der Waals surface area contributed by atoms with Gasteiger partial charge in [0, 0.05) is 6.54 Å². The molecular weight excluding hydrogens is 322 g/mol. The van der Waals surface area contributed by atoms with Gasteiger partial charge in [0.15, 0.2) is 11.5 Å². The third-order valence-electron chi connectivity index (χ3n) is 5.08. The standard InChI is InChI=1S/C19H23NO5/c1-2-8-22-16-6-4-14-19(16)23-9-7-20(14)18(21)11-13-3-5-15-17(10-13)25-12-24-15/h2-3,5,10,14,16,19H,1,4,6-9,11-12H2/t14-,16+,19+/m0/s1. The second-order valence-electron chi connectivity index (χ2n) is 6.59. The lowest BCUT2D eigenvalue weighted by atomic mass is 10.1. The average molecular weight is 345 g/mol. The molecule has 0 aromatic heterocycles. The molecule has 2 aliphatic heterocycles. The molecule has 3 atom stereocenters. The van der Waals surface area contributed by atoms with Crippen molar-refractivity contribution in [1.82, 2.24) is 4.90 Å². The second kappa shape index (κ2) is 7.06. The van der Waals surface area contributed by atoms with E-state index in [4.69, 9.17) is 18.9 Å². The van der Waals surface area contributed by atoms with Crippen LogP contribution < -0.4 is 9.47 Å². The average Bonchev–Trinajstić information content (AvgIpc) is 3.25. The first kappa shape index (κ1) is 16.4. The summed E-state index contributed by atoms with van der Waals surface area (Å²) in [4.78, 5) is 14.8. The number of ether oxygens (including phenoxy) is 4. The van der Waals surface area contributed by atoms with E-state index < -0.39 is 0 Å². The number of carbonyl (C=O) groups is 1. The molecule has 6 nitrogen and oxygen atoms in total. The quantitative estimate of drug-likeness (QED) is 0.763. The minimum Gasteiger partial charge on any atom is -0.454 e. The SMILES string of the molecule is C=CCO[C@@H]1CC[C@H]2[C@H]1OCCN2C(=O)Cc1ccc2c(c1)OCO2. The summed E-state index contributed by atoms with van der Waals surface area (Å²) in [6.45, 7) is 5.64. The highest BCUT2D eigenvalue weighted by atomic mass is 16.7. The lowest BCUT2D eigenvalue weighted by Crippen LogP contribution is -2.54. The fraction of sp³-hybridized carbons (Fsp3) is 0.526. The van der Waals surface area contributed by atoms with Gasteiger partial charge < -0.3 is 23.8 Å². The van der Waals surface area contributed by atoms with Crippen molar-refractivity contribution in [3.63, 3.8) is 0 Å². The zero-order valence-electron chi connectivity index (χ0n) is 14.2. The van der Waals surface area contributed by atoms with Crippen LogP contribution in [-0.4, -0.2) is 55.6 Å². The van der Waals surface area contributed by atoms with Crippen LogP contribution in [0.15, 0.2) is 30.9 Å². The molecule has 6 heteroatoms. The number of benzene rings is 1. The van der Waals surface area contributed by atoms with Crippen LogP contribution in [0, 0.1) is 0 Å². The van der Waals surface area contributed by atoms with E-state index in [1.54, 1.807) is 6.08 Å². The van der Waals surface area contributed by atoms with E-state index in [1.165, 1.54) is 0 Å². The summed E-state index contributed by atoms with van der Waals surface area (Å²) in [6.07, 6.45) is 3.95. The zero-order chi connectivity index (χ0) is 17.2. The summed E-state index contributed by atoms with van der Waals surface area (Å²) in [6, 6.07) is 5.78. The van der Waals surface area contributed by atoms with Crippen molar-refractivity contribution in [2.45, 2.75) is 37.5 Å². The fourth-order valence-electron chi connectivity index (χ4n) is 3.92. The molecular formula is C19H23NO5. The first-order valence-electron chi connectivity index (χ1n) is 8.78. The molecule has 134 valence electrons. The predicted molar refractivity (Wildman–Crippen MR) is 90.7 cm³/mol. The van der Waals surface area contributed by atoms with E-state index in [9.17, 15) is 4.79 Å². The molecule has 2 heterocycles. The van der Waals surface area contributed by atoms with Crippen LogP contribution in [0.2, 0.25) is 0 Å². The molecule has 1 saturated carbocycles. The Kier molecular flexibility index (Phi) is 4.63. The van der Waals surface area contributed by atoms with E-state index in [0.29, 0.717) is 31.9 Å². The van der Waals surface area contributed by atoms with Crippen LogP contribution in [0.4, 0.5) is 0 Å². The second-order valence-corrected chi connectivity index (χ2v) is 6.59. The van der Waals surface area contributed by atoms with Gasteiger partial charge in [-0.15, -0.1) is 6.58 Å². The first-order valence-corrected chi connectivity index (χ1v) is 8.78. The van der Waals surface area contributed by atoms with Gasteiger partial charge in [0.05, 0.1) is 31.8 Å². The van der Waals surface area contributed by atoms with E-state index >= 15 is 0 Å². The Hall–Kier alpha value is -2.05. The number of morpholine rings is 1. The first-order chi connectivity index (χ1) is 12.3. The molecule has 0 spiro atoms. The van der Waals surface area contributed by atoms with E-state index in [0.717, 1.165) is 24.2 Å². The van der Waals surface area contributed by atoms with Gasteiger partial charge >= 0.3 is 0 Å². The normalized spacial score (nSPS) is 27.2. The van der Waals surface area contributed by atoms with Gasteiger partial charge in [0.2, 0.25) is 12.7 Å². The topological polar surface area (TPSA) is 57.2 Å². The van der Waals surface area contributed by atoms with Crippen molar-refractivity contribution in [2.24, 2.45) is 0 Å². The number of carbonyl (C=O) groups excluding carboxylic acids is 1. The summed E-state index contributed by atoms with van der Waals surface area (Å²) >= 11 is 0. The molecule has 1 aliphatic carbocycles. The van der Waals surface area contributed by atoms with Crippen LogP contribution in [0.25, 0.3) is 0 Å². The summed E-state index contributed by atoms with van der Waals surface area (Å²) in [5.41, 5.74) is 0.940. The Labute approximate surface area is 147 Å². The number of amides is 1. The number of nitrogens with zero attached hydrogens (tertiary/aromatic N) is 1. The zero-order valence-corrected chi connectivity index (χ0v) is 14.2. The summed E-state index contributed by atoms with van der Waals surface area (Å²) in [5, 5.41) is 0. The van der Waals surface area contributed by atoms with Gasteiger partial charge in [0.1, 0.15) is 6.10 Å². The van der Waals surface area contributed by atoms with Gasteiger partial charge in [-0.25, -0.2) is 0 Å². The van der Waals surface area contributed by atoms with E-state index in [-0.39, 0.29) is 30.9 Å². The van der Waals surface area contributed by atoms with Crippen LogP contribution in [0.1, 0.15) is 18.4 Å². The van der Waals surface area contributed by atoms with Crippen LogP contribution in [0.3, 0.4) is 0 Å². The Bertz CT molecular complexity index is 661. The van der Waals surface area contributed by atoms with Crippen molar-refractivity contribution < 1.29 is 23.7 Å². The lowest BCUT2D eigenvalue weighted by molar-refractivity contribution is -0.150. The Morgan fingerprint density at radius 3 is 3.08 bits per heavy atom. The van der Waals surface area contributed by atoms with Crippen molar-refractivity contribution in [1.29, 1.82) is 0 Å². The van der Waals surface area contributed by atoms with Crippen molar-refractivity contribution in [3.8, 4) is 11.5 Å². The maximum Gasteiger partial charge on any atom is 0.231 e. The Balaban J connectivity index is 1.42. The Morgan fingerprint density at radius 1 is 1.32 bits per heavy atom. The van der Waals surface area contributed by atoms with Gasteiger partial charge in [-0.1, -0.05) is 12.1 Å². The van der Waals surface area contributed by atoms with Gasteiger partial charge in [-0.3, -0.25) is 4.79 Å². The van der Waals surface area contributed by atoms with Crippen LogP contribution >= 0.6 is 0 Å². The van der Waals surface area contributed by atoms with Gasteiger partial charge in [0.25, 0.3) is 0 Å². The highest BCUT2D eigenvalue weighted by molar-refractivity contribution is 5.79. The van der Waals surface area contributed by atoms with Crippen LogP contribution in [-0.2, 0) is 20.7 Å². The minimum atomic E-state index is -0.0330. The summed E-state index contributed by atoms with van der Waals surface area (Å²) < 4.78 is 22.4. The smallest absolute Gasteiger partial charge is 0.231 e. The monoisotopic (exact) mass is 345 g/mol. The van der Waals surface area contributed by atoms with Crippen molar-refractivity contribution >= 4 is 5.91 Å². The molecule has 1 aromatic carbocycles. The molecule has 0 N–H and O–H groups in total. The lowest BCUT2D eigenvalue weighted by Gasteiger charge is -2.39. The fourth-order valence-corrected chi connectivity index (χ4v) is 3.92. The summed E-state index contributed by atoms with van der Waals surface area (Å²) in [5.74, 6) is 1.58. The van der Waals surface area contributed by atoms with E-state index in [1.807, 2.05) is 23.1 Å². The molecule has 0 unspecified atom stereocenters. The maximum atomic E-state index is 12.9. The predicted octanol–water partition coefficient (Wildman–Crippen LogP) is 1.92. The summed E-state index contributed by atoms with van der Waals surface area (Å²) in [7, 11) is 0. The van der Waals surface area contributed by atoms with Crippen LogP contribution in [0.5, 0.6) is 11.5 Å². The molecule has 3 aliphatic rings. The molecule has 0 bridgehead atoms. The van der Waals surface area contributed by atoms with E-state index in [2.05, 4.69) is 6.58 Å². The number of rotatable bonds is 5. The molecule has 0 radical (unpaired) electrons. The largest absolute Gasteiger partial charge is 0.454 e. The maximum absolute atomic E-state index is 12.9. The Morgan fingerprint density at radius 2 is 2.20 bits per heavy atom. The molecule has 1 amide bonds. The molecule has 1 saturated heterocycles. The third-order valence-corrected chi connectivity index (χ3v) is 5.08. The van der Waals surface area contributed by atoms with Gasteiger partial charge in [-0.05, 0) is 30.5 Å². The number of hydrogen-bond donors (Lipinski definition) is 0. The van der Waals surface area contributed by atoms with Crippen molar-refractivity contribution in [2.75, 3.05) is 26.6 Å². The van der Waals surface area contributed by atoms with Crippen molar-refractivity contribution in [3.05, 3.63) is 36.4 Å². The molecule has 2 fully saturated rings. The molecule has 1 aromatic rings. The van der Waals surface area contributed by atoms with Gasteiger partial charge in [-0.2, -0.15) is 0 Å². The minimum absolute atomic E-state index is 0.0330. The molecule has 4 rings (SSSR count). The highest BCUT2D eigenvalue weighted by Crippen LogP contribution is 2.34.